The first-order chi connectivity index (χ1) is 13.2. The Hall–Kier alpha value is -3.22. The summed E-state index contributed by atoms with van der Waals surface area (Å²) in [6, 6.07) is 14.6. The summed E-state index contributed by atoms with van der Waals surface area (Å²) in [4.78, 5) is 26.6. The maximum atomic E-state index is 12.5. The molecule has 2 aliphatic rings. The van der Waals surface area contributed by atoms with Crippen molar-refractivity contribution in [2.45, 2.75) is 12.8 Å². The predicted octanol–water partition coefficient (Wildman–Crippen LogP) is 3.30. The Morgan fingerprint density at radius 3 is 2.41 bits per heavy atom. The Morgan fingerprint density at radius 1 is 0.889 bits per heavy atom. The molecule has 0 spiro atoms. The van der Waals surface area contributed by atoms with E-state index in [-0.39, 0.29) is 24.6 Å². The highest BCUT2D eigenvalue weighted by molar-refractivity contribution is 5.93. The van der Waals surface area contributed by atoms with Gasteiger partial charge in [-0.1, -0.05) is 18.2 Å². The number of urea groups is 1. The second-order valence-electron chi connectivity index (χ2n) is 6.61. The van der Waals surface area contributed by atoms with Gasteiger partial charge in [-0.25, -0.2) is 4.79 Å². The number of rotatable bonds is 3. The fourth-order valence-corrected chi connectivity index (χ4v) is 3.29. The second-order valence-corrected chi connectivity index (χ2v) is 6.61. The molecule has 2 N–H and O–H groups in total. The van der Waals surface area contributed by atoms with E-state index in [0.717, 1.165) is 5.69 Å². The lowest BCUT2D eigenvalue weighted by Gasteiger charge is -2.31. The Kier molecular flexibility index (Phi) is 4.82. The summed E-state index contributed by atoms with van der Waals surface area (Å²) in [5.74, 6) is 1.18. The Labute approximate surface area is 157 Å². The van der Waals surface area contributed by atoms with E-state index in [2.05, 4.69) is 10.6 Å². The molecule has 0 atom stereocenters. The molecule has 2 aliphatic heterocycles. The van der Waals surface area contributed by atoms with Crippen molar-refractivity contribution in [1.82, 2.24) is 4.90 Å². The van der Waals surface area contributed by atoms with Crippen LogP contribution in [0, 0.1) is 5.92 Å². The monoisotopic (exact) mass is 367 g/mol. The highest BCUT2D eigenvalue weighted by Gasteiger charge is 2.27. The molecule has 1 saturated heterocycles. The first-order valence-electron chi connectivity index (χ1n) is 9.00. The molecule has 0 bridgehead atoms. The standard InChI is InChI=1S/C20H21N3O4/c24-19(21-16-6-7-17-18(12-16)27-13-26-17)14-8-10-23(11-9-14)20(25)22-15-4-2-1-3-5-15/h1-7,12,14H,8-11,13H2,(H,21,24)(H,22,25). The zero-order chi connectivity index (χ0) is 18.6. The van der Waals surface area contributed by atoms with Crippen molar-refractivity contribution in [2.24, 2.45) is 5.92 Å². The number of piperidine rings is 1. The zero-order valence-electron chi connectivity index (χ0n) is 14.8. The highest BCUT2D eigenvalue weighted by atomic mass is 16.7. The van der Waals surface area contributed by atoms with Crippen LogP contribution in [0.1, 0.15) is 12.8 Å². The molecule has 0 aromatic heterocycles. The number of carbonyl (C=O) groups excluding carboxylic acids is 2. The van der Waals surface area contributed by atoms with Crippen molar-refractivity contribution < 1.29 is 19.1 Å². The van der Waals surface area contributed by atoms with Crippen LogP contribution in [0.5, 0.6) is 11.5 Å². The van der Waals surface area contributed by atoms with Crippen LogP contribution >= 0.6 is 0 Å². The normalized spacial score (nSPS) is 16.1. The first kappa shape index (κ1) is 17.2. The lowest BCUT2D eigenvalue weighted by atomic mass is 9.96. The van der Waals surface area contributed by atoms with Crippen LogP contribution < -0.4 is 20.1 Å². The molecule has 0 aliphatic carbocycles. The number of para-hydroxylation sites is 1. The van der Waals surface area contributed by atoms with Gasteiger partial charge in [-0.15, -0.1) is 0 Å². The van der Waals surface area contributed by atoms with E-state index in [1.54, 1.807) is 23.1 Å². The number of fused-ring (bicyclic) bond motifs is 1. The van der Waals surface area contributed by atoms with Crippen LogP contribution in [0.4, 0.5) is 16.2 Å². The minimum Gasteiger partial charge on any atom is -0.454 e. The summed E-state index contributed by atoms with van der Waals surface area (Å²) in [7, 11) is 0. The van der Waals surface area contributed by atoms with Gasteiger partial charge in [-0.3, -0.25) is 4.79 Å². The van der Waals surface area contributed by atoms with Crippen molar-refractivity contribution in [1.29, 1.82) is 0 Å². The first-order valence-corrected chi connectivity index (χ1v) is 9.00. The molecule has 7 heteroatoms. The van der Waals surface area contributed by atoms with Gasteiger partial charge >= 0.3 is 6.03 Å². The number of carbonyl (C=O) groups is 2. The van der Waals surface area contributed by atoms with E-state index in [1.165, 1.54) is 0 Å². The Bertz CT molecular complexity index is 832. The summed E-state index contributed by atoms with van der Waals surface area (Å²) in [5, 5.41) is 5.81. The maximum absolute atomic E-state index is 12.5. The third-order valence-electron chi connectivity index (χ3n) is 4.82. The SMILES string of the molecule is O=C(Nc1ccc2c(c1)OCO2)C1CCN(C(=O)Nc2ccccc2)CC1. The molecule has 3 amide bonds. The third kappa shape index (κ3) is 3.97. The minimum absolute atomic E-state index is 0.0306. The van der Waals surface area contributed by atoms with E-state index in [1.807, 2.05) is 30.3 Å². The van der Waals surface area contributed by atoms with Crippen LogP contribution in [0.2, 0.25) is 0 Å². The maximum Gasteiger partial charge on any atom is 0.321 e. The van der Waals surface area contributed by atoms with Gasteiger partial charge in [0, 0.05) is 36.4 Å². The van der Waals surface area contributed by atoms with Crippen molar-refractivity contribution in [3.63, 3.8) is 0 Å². The average Bonchev–Trinajstić information content (AvgIpc) is 3.16. The number of anilines is 2. The molecule has 0 saturated carbocycles. The average molecular weight is 367 g/mol. The van der Waals surface area contributed by atoms with E-state index in [9.17, 15) is 9.59 Å². The molecular formula is C20H21N3O4. The zero-order valence-corrected chi connectivity index (χ0v) is 14.8. The number of hydrogen-bond donors (Lipinski definition) is 2. The molecule has 4 rings (SSSR count). The Balaban J connectivity index is 1.28. The van der Waals surface area contributed by atoms with Crippen LogP contribution in [0.3, 0.4) is 0 Å². The van der Waals surface area contributed by atoms with Gasteiger partial charge in [0.2, 0.25) is 12.7 Å². The lowest BCUT2D eigenvalue weighted by Crippen LogP contribution is -2.43. The molecule has 2 heterocycles. The van der Waals surface area contributed by atoms with Gasteiger partial charge < -0.3 is 25.0 Å². The fourth-order valence-electron chi connectivity index (χ4n) is 3.29. The van der Waals surface area contributed by atoms with Crippen molar-refractivity contribution in [3.05, 3.63) is 48.5 Å². The van der Waals surface area contributed by atoms with E-state index in [4.69, 9.17) is 9.47 Å². The third-order valence-corrected chi connectivity index (χ3v) is 4.82. The van der Waals surface area contributed by atoms with Crippen molar-refractivity contribution in [3.8, 4) is 11.5 Å². The van der Waals surface area contributed by atoms with Crippen LogP contribution in [-0.4, -0.2) is 36.7 Å². The summed E-state index contributed by atoms with van der Waals surface area (Å²) in [6.07, 6.45) is 1.27. The quantitative estimate of drug-likeness (QED) is 0.872. The lowest BCUT2D eigenvalue weighted by molar-refractivity contribution is -0.121. The number of nitrogens with one attached hydrogen (secondary N) is 2. The number of hydrogen-bond acceptors (Lipinski definition) is 4. The van der Waals surface area contributed by atoms with Gasteiger partial charge in [0.25, 0.3) is 0 Å². The second kappa shape index (κ2) is 7.57. The highest BCUT2D eigenvalue weighted by Crippen LogP contribution is 2.34. The van der Waals surface area contributed by atoms with Crippen LogP contribution in [0.25, 0.3) is 0 Å². The molecule has 0 unspecified atom stereocenters. The van der Waals surface area contributed by atoms with Gasteiger partial charge in [-0.05, 0) is 37.1 Å². The molecule has 0 radical (unpaired) electrons. The largest absolute Gasteiger partial charge is 0.454 e. The molecule has 7 nitrogen and oxygen atoms in total. The summed E-state index contributed by atoms with van der Waals surface area (Å²) in [5.41, 5.74) is 1.46. The van der Waals surface area contributed by atoms with Crippen molar-refractivity contribution in [2.75, 3.05) is 30.5 Å². The fraction of sp³-hybridized carbons (Fsp3) is 0.300. The van der Waals surface area contributed by atoms with Gasteiger partial charge in [0.05, 0.1) is 0 Å². The molecule has 1 fully saturated rings. The minimum atomic E-state index is -0.129. The number of nitrogens with zero attached hydrogens (tertiary/aromatic N) is 1. The topological polar surface area (TPSA) is 79.9 Å². The predicted molar refractivity (Wildman–Crippen MR) is 101 cm³/mol. The molecule has 2 aromatic rings. The number of amides is 3. The molecular weight excluding hydrogens is 346 g/mol. The van der Waals surface area contributed by atoms with Crippen molar-refractivity contribution >= 4 is 23.3 Å². The summed E-state index contributed by atoms with van der Waals surface area (Å²) in [6.45, 7) is 1.31. The van der Waals surface area contributed by atoms with E-state index >= 15 is 0 Å². The van der Waals surface area contributed by atoms with E-state index in [0.29, 0.717) is 43.1 Å². The van der Waals surface area contributed by atoms with Gasteiger partial charge in [0.1, 0.15) is 0 Å². The molecule has 27 heavy (non-hydrogen) atoms. The summed E-state index contributed by atoms with van der Waals surface area (Å²) < 4.78 is 10.6. The van der Waals surface area contributed by atoms with Gasteiger partial charge in [0.15, 0.2) is 11.5 Å². The molecule has 140 valence electrons. The summed E-state index contributed by atoms with van der Waals surface area (Å²) >= 11 is 0. The van der Waals surface area contributed by atoms with E-state index < -0.39 is 0 Å². The number of ether oxygens (including phenoxy) is 2. The number of benzene rings is 2. The number of likely N-dealkylation sites (tertiary alicyclic amines) is 1. The smallest absolute Gasteiger partial charge is 0.321 e. The van der Waals surface area contributed by atoms with Crippen LogP contribution in [-0.2, 0) is 4.79 Å². The van der Waals surface area contributed by atoms with Gasteiger partial charge in [-0.2, -0.15) is 0 Å². The van der Waals surface area contributed by atoms with Crippen LogP contribution in [0.15, 0.2) is 48.5 Å². The molecule has 2 aromatic carbocycles. The Morgan fingerprint density at radius 2 is 1.63 bits per heavy atom.